The summed E-state index contributed by atoms with van der Waals surface area (Å²) in [6.07, 6.45) is 0.630. The van der Waals surface area contributed by atoms with Crippen molar-refractivity contribution in [2.75, 3.05) is 13.2 Å². The van der Waals surface area contributed by atoms with Gasteiger partial charge in [-0.2, -0.15) is 0 Å². The minimum Gasteiger partial charge on any atom is -0.493 e. The first-order chi connectivity index (χ1) is 13.5. The van der Waals surface area contributed by atoms with E-state index in [9.17, 15) is 14.4 Å². The lowest BCUT2D eigenvalue weighted by molar-refractivity contribution is -0.135. The molecule has 7 heteroatoms. The zero-order chi connectivity index (χ0) is 19.7. The first-order valence-corrected chi connectivity index (χ1v) is 9.20. The van der Waals surface area contributed by atoms with Crippen molar-refractivity contribution in [1.82, 2.24) is 15.5 Å². The zero-order valence-corrected chi connectivity index (χ0v) is 15.5. The summed E-state index contributed by atoms with van der Waals surface area (Å²) in [4.78, 5) is 38.9. The Hall–Kier alpha value is -3.35. The highest BCUT2D eigenvalue weighted by molar-refractivity contribution is 6.09. The average molecular weight is 379 g/mol. The van der Waals surface area contributed by atoms with E-state index in [1.165, 1.54) is 0 Å². The molecule has 2 heterocycles. The molecule has 2 N–H and O–H groups in total. The predicted molar refractivity (Wildman–Crippen MR) is 101 cm³/mol. The molecule has 4 rings (SSSR count). The zero-order valence-electron chi connectivity index (χ0n) is 15.5. The van der Waals surface area contributed by atoms with Crippen molar-refractivity contribution in [1.29, 1.82) is 0 Å². The van der Waals surface area contributed by atoms with Gasteiger partial charge in [0.05, 0.1) is 12.6 Å². The Morgan fingerprint density at radius 1 is 1.18 bits per heavy atom. The Labute approximate surface area is 162 Å². The van der Waals surface area contributed by atoms with Gasteiger partial charge in [-0.1, -0.05) is 48.5 Å². The van der Waals surface area contributed by atoms with Crippen LogP contribution in [0, 0.1) is 0 Å². The van der Waals surface area contributed by atoms with E-state index in [0.29, 0.717) is 18.6 Å². The van der Waals surface area contributed by atoms with Crippen LogP contribution in [0.5, 0.6) is 5.75 Å². The number of nitrogens with zero attached hydrogens (tertiary/aromatic N) is 1. The van der Waals surface area contributed by atoms with Crippen molar-refractivity contribution in [3.63, 3.8) is 0 Å². The van der Waals surface area contributed by atoms with Gasteiger partial charge < -0.3 is 15.4 Å². The molecule has 0 spiro atoms. The molecule has 7 nitrogen and oxygen atoms in total. The number of urea groups is 1. The van der Waals surface area contributed by atoms with Gasteiger partial charge in [0, 0.05) is 12.0 Å². The second kappa shape index (κ2) is 6.99. The fraction of sp³-hybridized carbons (Fsp3) is 0.286. The van der Waals surface area contributed by atoms with Crippen LogP contribution >= 0.6 is 0 Å². The standard InChI is InChI=1S/C21H21N3O4/c1-21(14-7-3-2-4-8-14)19(26)24(20(27)23-21)13-18(25)22-16-11-12-28-17-10-6-5-9-15(16)17/h2-10,16H,11-13H2,1H3,(H,22,25)(H,23,27)/t16-,21-/m1/s1. The van der Waals surface area contributed by atoms with E-state index < -0.39 is 17.5 Å². The van der Waals surface area contributed by atoms with Crippen LogP contribution in [0.3, 0.4) is 0 Å². The van der Waals surface area contributed by atoms with Crippen LogP contribution < -0.4 is 15.4 Å². The Morgan fingerprint density at radius 3 is 2.68 bits per heavy atom. The summed E-state index contributed by atoms with van der Waals surface area (Å²) in [6, 6.07) is 15.7. The maximum absolute atomic E-state index is 12.9. The topological polar surface area (TPSA) is 87.7 Å². The van der Waals surface area contributed by atoms with E-state index in [0.717, 1.165) is 16.2 Å². The summed E-state index contributed by atoms with van der Waals surface area (Å²) in [6.45, 7) is 1.82. The molecule has 0 unspecified atom stereocenters. The SMILES string of the molecule is C[C@]1(c2ccccc2)NC(=O)N(CC(=O)N[C@@H]2CCOc3ccccc32)C1=O. The Kier molecular flexibility index (Phi) is 4.50. The molecule has 0 aliphatic carbocycles. The van der Waals surface area contributed by atoms with Crippen molar-refractivity contribution < 1.29 is 19.1 Å². The lowest BCUT2D eigenvalue weighted by Crippen LogP contribution is -2.44. The van der Waals surface area contributed by atoms with Gasteiger partial charge in [0.15, 0.2) is 0 Å². The van der Waals surface area contributed by atoms with E-state index in [1.807, 2.05) is 30.3 Å². The minimum atomic E-state index is -1.18. The van der Waals surface area contributed by atoms with Crippen LogP contribution in [0.15, 0.2) is 54.6 Å². The van der Waals surface area contributed by atoms with Crippen LogP contribution in [0.25, 0.3) is 0 Å². The molecule has 1 fully saturated rings. The van der Waals surface area contributed by atoms with E-state index in [4.69, 9.17) is 4.74 Å². The number of ether oxygens (including phenoxy) is 1. The second-order valence-electron chi connectivity index (χ2n) is 7.11. The van der Waals surface area contributed by atoms with Crippen molar-refractivity contribution in [3.05, 3.63) is 65.7 Å². The van der Waals surface area contributed by atoms with Gasteiger partial charge in [0.2, 0.25) is 5.91 Å². The molecular formula is C21H21N3O4. The van der Waals surface area contributed by atoms with Gasteiger partial charge in [-0.05, 0) is 18.6 Å². The highest BCUT2D eigenvalue weighted by atomic mass is 16.5. The fourth-order valence-corrected chi connectivity index (χ4v) is 3.68. The van der Waals surface area contributed by atoms with Crippen LogP contribution in [0.4, 0.5) is 4.79 Å². The number of imide groups is 1. The largest absolute Gasteiger partial charge is 0.493 e. The van der Waals surface area contributed by atoms with Crippen molar-refractivity contribution in [3.8, 4) is 5.75 Å². The molecule has 0 aromatic heterocycles. The summed E-state index contributed by atoms with van der Waals surface area (Å²) in [5, 5.41) is 5.63. The summed E-state index contributed by atoms with van der Waals surface area (Å²) < 4.78 is 5.60. The van der Waals surface area contributed by atoms with E-state index in [-0.39, 0.29) is 18.5 Å². The molecule has 144 valence electrons. The van der Waals surface area contributed by atoms with E-state index in [1.54, 1.807) is 31.2 Å². The molecule has 1 saturated heterocycles. The quantitative estimate of drug-likeness (QED) is 0.797. The highest BCUT2D eigenvalue weighted by Crippen LogP contribution is 2.32. The number of hydrogen-bond donors (Lipinski definition) is 2. The van der Waals surface area contributed by atoms with Crippen LogP contribution in [0.1, 0.15) is 30.5 Å². The highest BCUT2D eigenvalue weighted by Gasteiger charge is 2.49. The Morgan fingerprint density at radius 2 is 1.89 bits per heavy atom. The number of carbonyl (C=O) groups is 3. The average Bonchev–Trinajstić information content (AvgIpc) is 2.93. The van der Waals surface area contributed by atoms with E-state index >= 15 is 0 Å². The lowest BCUT2D eigenvalue weighted by Gasteiger charge is -2.27. The second-order valence-corrected chi connectivity index (χ2v) is 7.11. The van der Waals surface area contributed by atoms with Crippen molar-refractivity contribution in [2.45, 2.75) is 24.9 Å². The summed E-state index contributed by atoms with van der Waals surface area (Å²) in [5.41, 5.74) is 0.396. The van der Waals surface area contributed by atoms with Crippen molar-refractivity contribution in [2.24, 2.45) is 0 Å². The minimum absolute atomic E-state index is 0.210. The maximum atomic E-state index is 12.9. The van der Waals surface area contributed by atoms with Gasteiger partial charge in [0.1, 0.15) is 17.8 Å². The Bertz CT molecular complexity index is 930. The van der Waals surface area contributed by atoms with Gasteiger partial charge in [-0.15, -0.1) is 0 Å². The van der Waals surface area contributed by atoms with Crippen LogP contribution in [0.2, 0.25) is 0 Å². The summed E-state index contributed by atoms with van der Waals surface area (Å²) >= 11 is 0. The molecule has 2 aromatic rings. The number of rotatable bonds is 4. The predicted octanol–water partition coefficient (Wildman–Crippen LogP) is 2.09. The first-order valence-electron chi connectivity index (χ1n) is 9.20. The summed E-state index contributed by atoms with van der Waals surface area (Å²) in [7, 11) is 0. The normalized spacial score (nSPS) is 23.6. The lowest BCUT2D eigenvalue weighted by atomic mass is 9.92. The molecule has 2 aliphatic rings. The Balaban J connectivity index is 1.47. The van der Waals surface area contributed by atoms with Crippen molar-refractivity contribution >= 4 is 17.8 Å². The number of fused-ring (bicyclic) bond motifs is 1. The summed E-state index contributed by atoms with van der Waals surface area (Å²) in [5.74, 6) is -0.0839. The molecule has 28 heavy (non-hydrogen) atoms. The number of amides is 4. The molecule has 0 saturated carbocycles. The first kappa shape index (κ1) is 18.0. The molecule has 2 aromatic carbocycles. The molecule has 2 aliphatic heterocycles. The third-order valence-corrected chi connectivity index (χ3v) is 5.22. The van der Waals surface area contributed by atoms with E-state index in [2.05, 4.69) is 10.6 Å². The molecule has 0 radical (unpaired) electrons. The number of nitrogens with one attached hydrogen (secondary N) is 2. The van der Waals surface area contributed by atoms with Gasteiger partial charge in [0.25, 0.3) is 5.91 Å². The smallest absolute Gasteiger partial charge is 0.325 e. The van der Waals surface area contributed by atoms with Gasteiger partial charge >= 0.3 is 6.03 Å². The molecule has 0 bridgehead atoms. The van der Waals surface area contributed by atoms with Crippen LogP contribution in [-0.2, 0) is 15.1 Å². The van der Waals surface area contributed by atoms with Gasteiger partial charge in [-0.3, -0.25) is 14.5 Å². The number of carbonyl (C=O) groups excluding carboxylic acids is 3. The molecule has 2 atom stereocenters. The number of benzene rings is 2. The molecular weight excluding hydrogens is 358 g/mol. The fourth-order valence-electron chi connectivity index (χ4n) is 3.68. The number of para-hydroxylation sites is 1. The monoisotopic (exact) mass is 379 g/mol. The number of hydrogen-bond acceptors (Lipinski definition) is 4. The third-order valence-electron chi connectivity index (χ3n) is 5.22. The maximum Gasteiger partial charge on any atom is 0.325 e. The van der Waals surface area contributed by atoms with Crippen LogP contribution in [-0.4, -0.2) is 35.9 Å². The molecule has 4 amide bonds. The third kappa shape index (κ3) is 3.09. The van der Waals surface area contributed by atoms with Gasteiger partial charge in [-0.25, -0.2) is 4.79 Å².